The number of likely N-dealkylation sites (tertiary alicyclic amines) is 1. The van der Waals surface area contributed by atoms with Gasteiger partial charge in [-0.1, -0.05) is 37.3 Å². The summed E-state index contributed by atoms with van der Waals surface area (Å²) in [5, 5.41) is 16.1. The molecule has 246 valence electrons. The highest BCUT2D eigenvalue weighted by atomic mass is 35.5. The molecule has 1 saturated heterocycles. The van der Waals surface area contributed by atoms with Gasteiger partial charge in [0.25, 0.3) is 0 Å². The molecule has 1 aromatic carbocycles. The molecule has 3 N–H and O–H groups in total. The van der Waals surface area contributed by atoms with E-state index in [9.17, 15) is 0 Å². The predicted molar refractivity (Wildman–Crippen MR) is 173 cm³/mol. The molecule has 0 amide bonds. The number of rotatable bonds is 18. The zero-order valence-electron chi connectivity index (χ0n) is 26.3. The van der Waals surface area contributed by atoms with Gasteiger partial charge in [0.2, 0.25) is 17.8 Å². The summed E-state index contributed by atoms with van der Waals surface area (Å²) in [6, 6.07) is 5.90. The van der Waals surface area contributed by atoms with Gasteiger partial charge < -0.3 is 39.6 Å². The third kappa shape index (κ3) is 11.5. The Balaban J connectivity index is 1.33. The Morgan fingerprint density at radius 3 is 2.20 bits per heavy atom. The molecule has 13 heteroatoms. The quantitative estimate of drug-likeness (QED) is 0.155. The largest absolute Gasteiger partial charge is 0.490 e. The lowest BCUT2D eigenvalue weighted by Crippen LogP contribution is -2.48. The Morgan fingerprint density at radius 2 is 1.52 bits per heavy atom. The zero-order chi connectivity index (χ0) is 31.0. The normalized spacial score (nSPS) is 18.1. The van der Waals surface area contributed by atoms with E-state index in [1.807, 2.05) is 18.2 Å². The van der Waals surface area contributed by atoms with Crippen molar-refractivity contribution in [3.8, 4) is 5.75 Å². The van der Waals surface area contributed by atoms with E-state index in [4.69, 9.17) is 50.6 Å². The minimum atomic E-state index is 0.0155. The first-order chi connectivity index (χ1) is 21.5. The fraction of sp³-hybridized carbons (Fsp3) is 0.710. The average Bonchev–Trinajstić information content (AvgIpc) is 3.29. The third-order valence-corrected chi connectivity index (χ3v) is 8.25. The Hall–Kier alpha value is -2.48. The molecule has 2 fully saturated rings. The molecule has 1 aliphatic heterocycles. The molecule has 1 saturated carbocycles. The topological polar surface area (TPSA) is 126 Å². The number of aliphatic hydroxyl groups excluding tert-OH is 1. The molecule has 1 unspecified atom stereocenters. The second kappa shape index (κ2) is 19.1. The van der Waals surface area contributed by atoms with E-state index < -0.39 is 0 Å². The number of halogens is 1. The maximum atomic E-state index is 8.67. The molecule has 1 aliphatic carbocycles. The number of aromatic nitrogens is 3. The van der Waals surface area contributed by atoms with Crippen LogP contribution in [0.4, 0.5) is 23.5 Å². The lowest BCUT2D eigenvalue weighted by Gasteiger charge is -2.38. The summed E-state index contributed by atoms with van der Waals surface area (Å²) in [6.45, 7) is 4.02. The van der Waals surface area contributed by atoms with Gasteiger partial charge in [-0.15, -0.1) is 0 Å². The fourth-order valence-electron chi connectivity index (χ4n) is 5.57. The predicted octanol–water partition coefficient (Wildman–Crippen LogP) is 4.70. The van der Waals surface area contributed by atoms with Crippen LogP contribution in [0.1, 0.15) is 57.8 Å². The molecule has 2 aromatic rings. The number of hydrogen-bond donors (Lipinski definition) is 3. The van der Waals surface area contributed by atoms with Crippen molar-refractivity contribution < 1.29 is 24.1 Å². The maximum Gasteiger partial charge on any atom is 0.233 e. The van der Waals surface area contributed by atoms with Crippen molar-refractivity contribution in [2.45, 2.75) is 70.0 Å². The van der Waals surface area contributed by atoms with Crippen LogP contribution in [-0.4, -0.2) is 111 Å². The lowest BCUT2D eigenvalue weighted by molar-refractivity contribution is 0.00361. The van der Waals surface area contributed by atoms with Gasteiger partial charge >= 0.3 is 0 Å². The maximum absolute atomic E-state index is 8.67. The van der Waals surface area contributed by atoms with E-state index in [0.717, 1.165) is 31.5 Å². The van der Waals surface area contributed by atoms with E-state index in [2.05, 4.69) is 34.5 Å². The smallest absolute Gasteiger partial charge is 0.233 e. The van der Waals surface area contributed by atoms with Crippen LogP contribution in [0.2, 0.25) is 5.02 Å². The number of anilines is 4. The van der Waals surface area contributed by atoms with Crippen LogP contribution >= 0.6 is 11.6 Å². The highest BCUT2D eigenvalue weighted by Gasteiger charge is 2.26. The number of piperidine rings is 1. The van der Waals surface area contributed by atoms with E-state index in [1.54, 1.807) is 0 Å². The Morgan fingerprint density at radius 1 is 0.864 bits per heavy atom. The molecule has 1 aromatic heterocycles. The summed E-state index contributed by atoms with van der Waals surface area (Å²) in [5.74, 6) is 2.28. The molecule has 1 atom stereocenters. The van der Waals surface area contributed by atoms with Crippen molar-refractivity contribution in [1.82, 2.24) is 19.9 Å². The van der Waals surface area contributed by atoms with Gasteiger partial charge in [-0.2, -0.15) is 15.0 Å². The second-order valence-electron chi connectivity index (χ2n) is 11.4. The first kappa shape index (κ1) is 34.4. The van der Waals surface area contributed by atoms with Gasteiger partial charge in [0.1, 0.15) is 12.4 Å². The van der Waals surface area contributed by atoms with Gasteiger partial charge in [-0.3, -0.25) is 4.90 Å². The molecule has 12 nitrogen and oxygen atoms in total. The fourth-order valence-corrected chi connectivity index (χ4v) is 5.81. The summed E-state index contributed by atoms with van der Waals surface area (Å²) in [5.41, 5.74) is 0.758. The zero-order valence-corrected chi connectivity index (χ0v) is 27.1. The van der Waals surface area contributed by atoms with Crippen molar-refractivity contribution in [1.29, 1.82) is 0 Å². The van der Waals surface area contributed by atoms with Crippen molar-refractivity contribution in [3.63, 3.8) is 0 Å². The number of nitrogens with zero attached hydrogens (tertiary/aromatic N) is 5. The molecule has 0 bridgehead atoms. The molecule has 2 aliphatic rings. The Bertz CT molecular complexity index is 1110. The average molecular weight is 636 g/mol. The second-order valence-corrected chi connectivity index (χ2v) is 11.8. The molecular formula is C31H50ClN7O5. The molecule has 0 radical (unpaired) electrons. The summed E-state index contributed by atoms with van der Waals surface area (Å²) in [4.78, 5) is 19.0. The van der Waals surface area contributed by atoms with Crippen LogP contribution < -0.4 is 20.3 Å². The van der Waals surface area contributed by atoms with Crippen molar-refractivity contribution >= 4 is 35.1 Å². The monoisotopic (exact) mass is 635 g/mol. The Kier molecular flexibility index (Phi) is 15.0. The lowest BCUT2D eigenvalue weighted by atomic mass is 10.1. The van der Waals surface area contributed by atoms with Crippen LogP contribution in [0.5, 0.6) is 5.75 Å². The molecule has 2 heterocycles. The number of hydrogen-bond acceptors (Lipinski definition) is 12. The van der Waals surface area contributed by atoms with Crippen LogP contribution in [0.25, 0.3) is 0 Å². The van der Waals surface area contributed by atoms with E-state index in [1.165, 1.54) is 38.5 Å². The van der Waals surface area contributed by atoms with E-state index in [0.29, 0.717) is 80.9 Å². The highest BCUT2D eigenvalue weighted by Crippen LogP contribution is 2.30. The molecular weight excluding hydrogens is 586 g/mol. The minimum Gasteiger partial charge on any atom is -0.490 e. The number of ether oxygens (including phenoxy) is 4. The van der Waals surface area contributed by atoms with Crippen LogP contribution in [-0.2, 0) is 14.2 Å². The number of aliphatic hydroxyl groups is 1. The Labute approximate surface area is 266 Å². The van der Waals surface area contributed by atoms with E-state index in [-0.39, 0.29) is 12.8 Å². The van der Waals surface area contributed by atoms with Crippen LogP contribution in [0.3, 0.4) is 0 Å². The minimum absolute atomic E-state index is 0.0155. The van der Waals surface area contributed by atoms with Crippen molar-refractivity contribution in [3.05, 3.63) is 23.2 Å². The summed E-state index contributed by atoms with van der Waals surface area (Å²) in [7, 11) is 4.23. The van der Waals surface area contributed by atoms with Gasteiger partial charge in [0, 0.05) is 18.8 Å². The standard InChI is InChI=1S/C31H50ClN7O5/c1-38-14-8-7-11-28(38)39(2)31-36-29(33-24-9-5-3-4-6-10-24)35-30(37-31)34-25-12-13-27(26(32)23-25)44-22-21-43-20-19-42-18-17-41-16-15-40/h12-13,23-24,28,40H,3-11,14-22H2,1-2H3,(H2,33,34,35,36,37). The van der Waals surface area contributed by atoms with Crippen molar-refractivity contribution in [2.24, 2.45) is 0 Å². The molecule has 4 rings (SSSR count). The molecule has 0 spiro atoms. The highest BCUT2D eigenvalue weighted by molar-refractivity contribution is 6.32. The van der Waals surface area contributed by atoms with Gasteiger partial charge in [-0.25, -0.2) is 0 Å². The summed E-state index contributed by atoms with van der Waals surface area (Å²) >= 11 is 6.57. The van der Waals surface area contributed by atoms with Gasteiger partial charge in [-0.05, 0) is 63.9 Å². The summed E-state index contributed by atoms with van der Waals surface area (Å²) in [6.07, 6.45) is 11.0. The molecule has 44 heavy (non-hydrogen) atoms. The van der Waals surface area contributed by atoms with Crippen LogP contribution in [0, 0.1) is 0 Å². The van der Waals surface area contributed by atoms with Crippen molar-refractivity contribution in [2.75, 3.05) is 89.0 Å². The number of benzene rings is 1. The first-order valence-electron chi connectivity index (χ1n) is 16.0. The van der Waals surface area contributed by atoms with Gasteiger partial charge in [0.15, 0.2) is 0 Å². The van der Waals surface area contributed by atoms with Crippen LogP contribution in [0.15, 0.2) is 18.2 Å². The summed E-state index contributed by atoms with van der Waals surface area (Å²) < 4.78 is 21.9. The third-order valence-electron chi connectivity index (χ3n) is 7.96. The number of nitrogens with one attached hydrogen (secondary N) is 2. The SMILES string of the molecule is CN1CCCCC1N(C)c1nc(Nc2ccc(OCCOCCOCCOCCO)c(Cl)c2)nc(NC2CCCCCC2)n1. The van der Waals surface area contributed by atoms with Gasteiger partial charge in [0.05, 0.1) is 57.4 Å². The van der Waals surface area contributed by atoms with E-state index >= 15 is 0 Å². The first-order valence-corrected chi connectivity index (χ1v) is 16.4.